The second-order valence-electron chi connectivity index (χ2n) is 4.94. The first kappa shape index (κ1) is 13.5. The van der Waals surface area contributed by atoms with Crippen molar-refractivity contribution < 1.29 is 8.42 Å². The monoisotopic (exact) mass is 260 g/mol. The number of benzene rings is 1. The summed E-state index contributed by atoms with van der Waals surface area (Å²) in [5.74, 6) is -0.0118. The van der Waals surface area contributed by atoms with Crippen molar-refractivity contribution in [1.29, 1.82) is 0 Å². The van der Waals surface area contributed by atoms with Crippen LogP contribution in [0.15, 0.2) is 24.3 Å². The van der Waals surface area contributed by atoms with Gasteiger partial charge in [-0.15, -0.1) is 0 Å². The third-order valence-corrected chi connectivity index (χ3v) is 3.58. The first-order valence-corrected chi connectivity index (χ1v) is 7.68. The maximum Gasteiger partial charge on any atom is 0.232 e. The summed E-state index contributed by atoms with van der Waals surface area (Å²) in [7, 11) is 1.79. The van der Waals surface area contributed by atoms with Gasteiger partial charge in [0.15, 0.2) is 0 Å². The van der Waals surface area contributed by atoms with Crippen LogP contribution >= 0.6 is 10.7 Å². The van der Waals surface area contributed by atoms with E-state index in [1.807, 2.05) is 18.2 Å². The fourth-order valence-corrected chi connectivity index (χ4v) is 2.14. The number of aryl methyl sites for hydroxylation is 1. The van der Waals surface area contributed by atoms with Crippen LogP contribution in [-0.2, 0) is 20.9 Å². The largest absolute Gasteiger partial charge is 0.232 e. The molecule has 90 valence electrons. The molecule has 0 spiro atoms. The molecule has 16 heavy (non-hydrogen) atoms. The van der Waals surface area contributed by atoms with Gasteiger partial charge in [-0.2, -0.15) is 0 Å². The van der Waals surface area contributed by atoms with Crippen molar-refractivity contribution in [3.05, 3.63) is 35.4 Å². The summed E-state index contributed by atoms with van der Waals surface area (Å²) in [6, 6.07) is 7.98. The summed E-state index contributed by atoms with van der Waals surface area (Å²) in [5, 5.41) is 0. The molecule has 0 aliphatic rings. The standard InChI is InChI=1S/C12H17ClO2S/c1-12(2,3)11-6-4-5-10(9-11)7-8-16(13,14)15/h4-6,9H,7-8H2,1-3H3. The fourth-order valence-electron chi connectivity index (χ4n) is 1.43. The zero-order valence-corrected chi connectivity index (χ0v) is 11.4. The van der Waals surface area contributed by atoms with Crippen LogP contribution in [0.1, 0.15) is 31.9 Å². The summed E-state index contributed by atoms with van der Waals surface area (Å²) in [6.45, 7) is 6.39. The lowest BCUT2D eigenvalue weighted by Gasteiger charge is -2.19. The van der Waals surface area contributed by atoms with Gasteiger partial charge in [0.05, 0.1) is 5.75 Å². The Hall–Kier alpha value is -0.540. The first-order valence-electron chi connectivity index (χ1n) is 5.20. The van der Waals surface area contributed by atoms with Crippen molar-refractivity contribution in [3.8, 4) is 0 Å². The number of halogens is 1. The van der Waals surface area contributed by atoms with Crippen LogP contribution in [0.3, 0.4) is 0 Å². The summed E-state index contributed by atoms with van der Waals surface area (Å²) >= 11 is 0. The van der Waals surface area contributed by atoms with Crippen LogP contribution in [0.5, 0.6) is 0 Å². The van der Waals surface area contributed by atoms with Gasteiger partial charge in [0.25, 0.3) is 0 Å². The molecule has 1 rings (SSSR count). The highest BCUT2D eigenvalue weighted by Crippen LogP contribution is 2.23. The van der Waals surface area contributed by atoms with E-state index in [2.05, 4.69) is 26.8 Å². The molecule has 0 heterocycles. The van der Waals surface area contributed by atoms with E-state index in [1.165, 1.54) is 5.56 Å². The molecule has 1 aromatic rings. The molecule has 0 aliphatic heterocycles. The highest BCUT2D eigenvalue weighted by molar-refractivity contribution is 8.13. The second kappa shape index (κ2) is 4.76. The van der Waals surface area contributed by atoms with E-state index < -0.39 is 9.05 Å². The molecule has 0 aromatic heterocycles. The van der Waals surface area contributed by atoms with Crippen molar-refractivity contribution in [2.45, 2.75) is 32.6 Å². The van der Waals surface area contributed by atoms with Crippen molar-refractivity contribution in [2.75, 3.05) is 5.75 Å². The lowest BCUT2D eigenvalue weighted by molar-refractivity contribution is 0.589. The SMILES string of the molecule is CC(C)(C)c1cccc(CCS(=O)(=O)Cl)c1. The predicted molar refractivity (Wildman–Crippen MR) is 68.5 cm³/mol. The third-order valence-electron chi connectivity index (χ3n) is 2.43. The molecular weight excluding hydrogens is 244 g/mol. The normalized spacial score (nSPS) is 12.8. The zero-order valence-electron chi connectivity index (χ0n) is 9.83. The molecular formula is C12H17ClO2S. The lowest BCUT2D eigenvalue weighted by atomic mass is 9.86. The molecule has 0 radical (unpaired) electrons. The van der Waals surface area contributed by atoms with Crippen molar-refractivity contribution in [2.24, 2.45) is 0 Å². The van der Waals surface area contributed by atoms with Crippen molar-refractivity contribution in [1.82, 2.24) is 0 Å². The molecule has 0 bridgehead atoms. The number of hydrogen-bond acceptors (Lipinski definition) is 2. The van der Waals surface area contributed by atoms with Gasteiger partial charge in [0.2, 0.25) is 9.05 Å². The molecule has 0 aliphatic carbocycles. The Kier molecular flexibility index (Phi) is 4.02. The van der Waals surface area contributed by atoms with Gasteiger partial charge in [0.1, 0.15) is 0 Å². The molecule has 2 nitrogen and oxygen atoms in total. The van der Waals surface area contributed by atoms with E-state index in [4.69, 9.17) is 10.7 Å². The molecule has 0 saturated carbocycles. The zero-order chi connectivity index (χ0) is 12.4. The lowest BCUT2D eigenvalue weighted by Crippen LogP contribution is -2.11. The van der Waals surface area contributed by atoms with Crippen molar-refractivity contribution in [3.63, 3.8) is 0 Å². The summed E-state index contributed by atoms with van der Waals surface area (Å²) < 4.78 is 21.7. The van der Waals surface area contributed by atoms with Crippen molar-refractivity contribution >= 4 is 19.7 Å². The van der Waals surface area contributed by atoms with E-state index in [0.717, 1.165) is 5.56 Å². The summed E-state index contributed by atoms with van der Waals surface area (Å²) in [5.41, 5.74) is 2.30. The Labute approximate surface area is 102 Å². The minimum atomic E-state index is -3.40. The average Bonchev–Trinajstić information content (AvgIpc) is 2.13. The molecule has 0 unspecified atom stereocenters. The quantitative estimate of drug-likeness (QED) is 0.783. The van der Waals surface area contributed by atoms with Crippen LogP contribution in [-0.4, -0.2) is 14.2 Å². The van der Waals surface area contributed by atoms with Gasteiger partial charge in [0, 0.05) is 10.7 Å². The topological polar surface area (TPSA) is 34.1 Å². The van der Waals surface area contributed by atoms with E-state index in [-0.39, 0.29) is 11.2 Å². The predicted octanol–water partition coefficient (Wildman–Crippen LogP) is 3.10. The second-order valence-corrected chi connectivity index (χ2v) is 7.84. The minimum absolute atomic E-state index is 0.0118. The number of rotatable bonds is 3. The number of hydrogen-bond donors (Lipinski definition) is 0. The van der Waals surface area contributed by atoms with E-state index in [0.29, 0.717) is 6.42 Å². The van der Waals surface area contributed by atoms with E-state index in [1.54, 1.807) is 0 Å². The first-order chi connectivity index (χ1) is 7.18. The van der Waals surface area contributed by atoms with Crippen LogP contribution < -0.4 is 0 Å². The Balaban J connectivity index is 2.84. The van der Waals surface area contributed by atoms with Gasteiger partial charge in [-0.3, -0.25) is 0 Å². The molecule has 0 atom stereocenters. The maximum absolute atomic E-state index is 10.9. The van der Waals surface area contributed by atoms with Gasteiger partial charge in [-0.1, -0.05) is 45.0 Å². The van der Waals surface area contributed by atoms with Crippen LogP contribution in [0, 0.1) is 0 Å². The Morgan fingerprint density at radius 3 is 2.38 bits per heavy atom. The molecule has 0 amide bonds. The van der Waals surface area contributed by atoms with Crippen LogP contribution in [0.2, 0.25) is 0 Å². The Bertz CT molecular complexity index is 458. The third kappa shape index (κ3) is 4.54. The maximum atomic E-state index is 10.9. The highest BCUT2D eigenvalue weighted by atomic mass is 35.7. The molecule has 0 fully saturated rings. The van der Waals surface area contributed by atoms with Crippen LogP contribution in [0.25, 0.3) is 0 Å². The Morgan fingerprint density at radius 1 is 1.25 bits per heavy atom. The minimum Gasteiger partial charge on any atom is -0.212 e. The van der Waals surface area contributed by atoms with Gasteiger partial charge >= 0.3 is 0 Å². The van der Waals surface area contributed by atoms with E-state index >= 15 is 0 Å². The highest BCUT2D eigenvalue weighted by Gasteiger charge is 2.14. The molecule has 0 N–H and O–H groups in total. The van der Waals surface area contributed by atoms with E-state index in [9.17, 15) is 8.42 Å². The van der Waals surface area contributed by atoms with Gasteiger partial charge in [-0.25, -0.2) is 8.42 Å². The average molecular weight is 261 g/mol. The molecule has 4 heteroatoms. The summed E-state index contributed by atoms with van der Waals surface area (Å²) in [6.07, 6.45) is 0.468. The fraction of sp³-hybridized carbons (Fsp3) is 0.500. The van der Waals surface area contributed by atoms with Crippen LogP contribution in [0.4, 0.5) is 0 Å². The van der Waals surface area contributed by atoms with Gasteiger partial charge in [-0.05, 0) is 23.0 Å². The van der Waals surface area contributed by atoms with Gasteiger partial charge < -0.3 is 0 Å². The smallest absolute Gasteiger partial charge is 0.212 e. The Morgan fingerprint density at radius 2 is 1.88 bits per heavy atom. The summed E-state index contributed by atoms with van der Waals surface area (Å²) in [4.78, 5) is 0. The molecule has 0 saturated heterocycles. The molecule has 1 aromatic carbocycles.